The first-order valence-corrected chi connectivity index (χ1v) is 8.25. The van der Waals surface area contributed by atoms with Crippen molar-refractivity contribution in [3.05, 3.63) is 45.7 Å². The summed E-state index contributed by atoms with van der Waals surface area (Å²) in [6.45, 7) is 3.63. The van der Waals surface area contributed by atoms with E-state index < -0.39 is 0 Å². The van der Waals surface area contributed by atoms with Gasteiger partial charge in [-0.3, -0.25) is 4.79 Å². The number of nitrogens with zero attached hydrogens (tertiary/aromatic N) is 2. The van der Waals surface area contributed by atoms with E-state index in [1.54, 1.807) is 24.3 Å². The number of hydrogen-bond acceptors (Lipinski definition) is 5. The highest BCUT2D eigenvalue weighted by molar-refractivity contribution is 7.10. The van der Waals surface area contributed by atoms with E-state index in [1.165, 1.54) is 0 Å². The smallest absolute Gasteiger partial charge is 0.270 e. The Balaban J connectivity index is 1.79. The number of aromatic nitrogens is 2. The predicted octanol–water partition coefficient (Wildman–Crippen LogP) is 2.40. The summed E-state index contributed by atoms with van der Waals surface area (Å²) in [6.07, 6.45) is 1.21. The van der Waals surface area contributed by atoms with Gasteiger partial charge >= 0.3 is 0 Å². The average Bonchev–Trinajstić information content (AvgIpc) is 2.94. The standard InChI is InChI=1S/C16H19N3O2S/c1-9-6-13(18-10(2)17-9)16(21)19-15(11-7-12(20)8-11)14-4-3-5-22-14/h3-6,11-12,15,20H,7-8H2,1-2H3,(H,19,21)/t11?,12?,15-/m1/s1. The molecule has 0 radical (unpaired) electrons. The first-order chi connectivity index (χ1) is 10.5. The van der Waals surface area contributed by atoms with Gasteiger partial charge in [0, 0.05) is 10.6 Å². The molecule has 6 heteroatoms. The second kappa shape index (κ2) is 6.14. The Morgan fingerprint density at radius 1 is 1.41 bits per heavy atom. The second-order valence-electron chi connectivity index (χ2n) is 5.79. The number of hydrogen-bond donors (Lipinski definition) is 2. The highest BCUT2D eigenvalue weighted by Crippen LogP contribution is 2.39. The fourth-order valence-corrected chi connectivity index (χ4v) is 3.71. The zero-order valence-corrected chi connectivity index (χ0v) is 13.4. The Kier molecular flexibility index (Phi) is 4.22. The topological polar surface area (TPSA) is 75.1 Å². The van der Waals surface area contributed by atoms with Gasteiger partial charge in [-0.1, -0.05) is 6.07 Å². The summed E-state index contributed by atoms with van der Waals surface area (Å²) in [4.78, 5) is 22.1. The number of carbonyl (C=O) groups is 1. The van der Waals surface area contributed by atoms with E-state index in [4.69, 9.17) is 0 Å². The molecule has 1 atom stereocenters. The number of aliphatic hydroxyl groups excluding tert-OH is 1. The molecule has 116 valence electrons. The molecule has 1 amide bonds. The van der Waals surface area contributed by atoms with Gasteiger partial charge < -0.3 is 10.4 Å². The fourth-order valence-electron chi connectivity index (χ4n) is 2.84. The van der Waals surface area contributed by atoms with Crippen LogP contribution in [0.4, 0.5) is 0 Å². The third-order valence-electron chi connectivity index (χ3n) is 3.96. The average molecular weight is 317 g/mol. The molecule has 2 heterocycles. The third-order valence-corrected chi connectivity index (χ3v) is 4.91. The molecule has 1 aliphatic rings. The van der Waals surface area contributed by atoms with Gasteiger partial charge in [0.05, 0.1) is 12.1 Å². The number of amides is 1. The van der Waals surface area contributed by atoms with Gasteiger partial charge in [0.2, 0.25) is 0 Å². The van der Waals surface area contributed by atoms with Crippen LogP contribution in [0.5, 0.6) is 0 Å². The van der Waals surface area contributed by atoms with Crippen molar-refractivity contribution in [3.63, 3.8) is 0 Å². The van der Waals surface area contributed by atoms with Crippen LogP contribution in [0.1, 0.15) is 45.8 Å². The highest BCUT2D eigenvalue weighted by Gasteiger charge is 2.36. The number of rotatable bonds is 4. The lowest BCUT2D eigenvalue weighted by molar-refractivity contribution is 0.0240. The molecule has 1 saturated carbocycles. The summed E-state index contributed by atoms with van der Waals surface area (Å²) >= 11 is 1.62. The molecule has 2 aromatic heterocycles. The molecule has 0 aromatic carbocycles. The van der Waals surface area contributed by atoms with E-state index in [-0.39, 0.29) is 24.0 Å². The van der Waals surface area contributed by atoms with Crippen molar-refractivity contribution in [1.29, 1.82) is 0 Å². The van der Waals surface area contributed by atoms with E-state index in [1.807, 2.05) is 24.4 Å². The lowest BCUT2D eigenvalue weighted by atomic mass is 9.76. The second-order valence-corrected chi connectivity index (χ2v) is 6.77. The zero-order valence-electron chi connectivity index (χ0n) is 12.6. The van der Waals surface area contributed by atoms with Crippen LogP contribution in [0.2, 0.25) is 0 Å². The Bertz CT molecular complexity index is 646. The van der Waals surface area contributed by atoms with Crippen LogP contribution in [-0.4, -0.2) is 27.1 Å². The third kappa shape index (κ3) is 3.18. The van der Waals surface area contributed by atoms with Crippen LogP contribution in [0.15, 0.2) is 23.6 Å². The lowest BCUT2D eigenvalue weighted by Gasteiger charge is -2.37. The monoisotopic (exact) mass is 317 g/mol. The molecule has 2 aromatic rings. The van der Waals surface area contributed by atoms with Crippen molar-refractivity contribution in [3.8, 4) is 0 Å². The van der Waals surface area contributed by atoms with E-state index in [2.05, 4.69) is 15.3 Å². The molecular formula is C16H19N3O2S. The Morgan fingerprint density at radius 3 is 2.77 bits per heavy atom. The van der Waals surface area contributed by atoms with Gasteiger partial charge in [-0.05, 0) is 50.1 Å². The van der Waals surface area contributed by atoms with Gasteiger partial charge in [0.25, 0.3) is 5.91 Å². The van der Waals surface area contributed by atoms with Gasteiger partial charge in [-0.25, -0.2) is 9.97 Å². The van der Waals surface area contributed by atoms with Crippen molar-refractivity contribution >= 4 is 17.2 Å². The fraction of sp³-hybridized carbons (Fsp3) is 0.438. The molecule has 0 spiro atoms. The van der Waals surface area contributed by atoms with E-state index >= 15 is 0 Å². The van der Waals surface area contributed by atoms with Crippen molar-refractivity contribution in [1.82, 2.24) is 15.3 Å². The molecule has 5 nitrogen and oxygen atoms in total. The quantitative estimate of drug-likeness (QED) is 0.908. The van der Waals surface area contributed by atoms with E-state index in [9.17, 15) is 9.90 Å². The number of carbonyl (C=O) groups excluding carboxylic acids is 1. The van der Waals surface area contributed by atoms with Crippen molar-refractivity contribution in [2.45, 2.75) is 38.8 Å². The molecule has 0 aliphatic heterocycles. The molecule has 22 heavy (non-hydrogen) atoms. The van der Waals surface area contributed by atoms with Crippen LogP contribution in [0.3, 0.4) is 0 Å². The summed E-state index contributed by atoms with van der Waals surface area (Å²) in [5.74, 6) is 0.687. The van der Waals surface area contributed by atoms with Gasteiger partial charge in [-0.15, -0.1) is 11.3 Å². The van der Waals surface area contributed by atoms with Crippen molar-refractivity contribution in [2.24, 2.45) is 5.92 Å². The SMILES string of the molecule is Cc1cc(C(=O)N[C@@H](c2cccs2)C2CC(O)C2)nc(C)n1. The van der Waals surface area contributed by atoms with Crippen LogP contribution in [-0.2, 0) is 0 Å². The van der Waals surface area contributed by atoms with Crippen molar-refractivity contribution < 1.29 is 9.90 Å². The largest absolute Gasteiger partial charge is 0.393 e. The Hall–Kier alpha value is -1.79. The summed E-state index contributed by atoms with van der Waals surface area (Å²) in [5.41, 5.74) is 1.18. The van der Waals surface area contributed by atoms with Gasteiger partial charge in [0.15, 0.2) is 0 Å². The Morgan fingerprint density at radius 2 is 2.18 bits per heavy atom. The first kappa shape index (κ1) is 15.1. The van der Waals surface area contributed by atoms with Crippen LogP contribution < -0.4 is 5.32 Å². The summed E-state index contributed by atoms with van der Waals surface area (Å²) in [6, 6.07) is 5.64. The minimum absolute atomic E-state index is 0.0634. The lowest BCUT2D eigenvalue weighted by Crippen LogP contribution is -2.41. The first-order valence-electron chi connectivity index (χ1n) is 7.37. The molecule has 0 saturated heterocycles. The van der Waals surface area contributed by atoms with Crippen LogP contribution >= 0.6 is 11.3 Å². The van der Waals surface area contributed by atoms with E-state index in [0.29, 0.717) is 11.5 Å². The molecule has 1 fully saturated rings. The summed E-state index contributed by atoms with van der Waals surface area (Å²) in [7, 11) is 0. The number of thiophene rings is 1. The highest BCUT2D eigenvalue weighted by atomic mass is 32.1. The maximum Gasteiger partial charge on any atom is 0.270 e. The van der Waals surface area contributed by atoms with Crippen LogP contribution in [0, 0.1) is 19.8 Å². The number of aliphatic hydroxyl groups is 1. The maximum absolute atomic E-state index is 12.5. The van der Waals surface area contributed by atoms with Gasteiger partial charge in [-0.2, -0.15) is 0 Å². The normalized spacial score (nSPS) is 22.0. The van der Waals surface area contributed by atoms with E-state index in [0.717, 1.165) is 23.4 Å². The van der Waals surface area contributed by atoms with Gasteiger partial charge in [0.1, 0.15) is 11.5 Å². The number of aryl methyl sites for hydroxylation is 2. The number of nitrogens with one attached hydrogen (secondary N) is 1. The van der Waals surface area contributed by atoms with Crippen LogP contribution in [0.25, 0.3) is 0 Å². The molecule has 3 rings (SSSR count). The Labute approximate surface area is 133 Å². The molecular weight excluding hydrogens is 298 g/mol. The maximum atomic E-state index is 12.5. The molecule has 1 aliphatic carbocycles. The van der Waals surface area contributed by atoms with Crippen molar-refractivity contribution in [2.75, 3.05) is 0 Å². The zero-order chi connectivity index (χ0) is 15.7. The predicted molar refractivity (Wildman–Crippen MR) is 84.8 cm³/mol. The molecule has 0 unspecified atom stereocenters. The molecule has 2 N–H and O–H groups in total. The summed E-state index contributed by atoms with van der Waals surface area (Å²) < 4.78 is 0. The summed E-state index contributed by atoms with van der Waals surface area (Å²) in [5, 5.41) is 14.6. The minimum Gasteiger partial charge on any atom is -0.393 e. The molecule has 0 bridgehead atoms. The minimum atomic E-state index is -0.243.